The van der Waals surface area contributed by atoms with Gasteiger partial charge in [-0.1, -0.05) is 12.8 Å². The molecule has 1 aromatic rings. The van der Waals surface area contributed by atoms with Crippen molar-refractivity contribution in [2.24, 2.45) is 17.5 Å². The molecule has 1 aliphatic carbocycles. The minimum Gasteiger partial charge on any atom is -0.382 e. The van der Waals surface area contributed by atoms with Gasteiger partial charge < -0.3 is 19.9 Å². The molecule has 1 saturated carbocycles. The fraction of sp³-hybridized carbons (Fsp3) is 0.750. The fourth-order valence-electron chi connectivity index (χ4n) is 3.72. The largest absolute Gasteiger partial charge is 0.382 e. The van der Waals surface area contributed by atoms with E-state index < -0.39 is 10.0 Å². The smallest absolute Gasteiger partial charge is 0.242 e. The lowest BCUT2D eigenvalue weighted by Gasteiger charge is -2.27. The Kier molecular flexibility index (Phi) is 9.45. The van der Waals surface area contributed by atoms with Crippen molar-refractivity contribution in [1.82, 2.24) is 19.9 Å². The molecule has 0 atom stereocenters. The first-order chi connectivity index (χ1) is 13.9. The summed E-state index contributed by atoms with van der Waals surface area (Å²) in [6, 6.07) is 1.59. The maximum atomic E-state index is 12.3. The second-order valence-electron chi connectivity index (χ2n) is 7.69. The van der Waals surface area contributed by atoms with Crippen LogP contribution in [0.5, 0.6) is 0 Å². The summed E-state index contributed by atoms with van der Waals surface area (Å²) in [7, 11) is -1.69. The van der Waals surface area contributed by atoms with Gasteiger partial charge in [0.25, 0.3) is 0 Å². The predicted molar refractivity (Wildman–Crippen MR) is 117 cm³/mol. The fourth-order valence-corrected chi connectivity index (χ4v) is 4.80. The Balaban J connectivity index is 1.85. The summed E-state index contributed by atoms with van der Waals surface area (Å²) in [5.41, 5.74) is 0.229. The molecule has 0 radical (unpaired) electrons. The predicted octanol–water partition coefficient (Wildman–Crippen LogP) is 1.85. The standard InChI is InChI=1S/C20H37N5O3S/c1-4-21-19(23-17-20(9-6-7-10-20)11-15-28-5-2)22-12-13-24-29(26,27)18-8-14-25(3)16-18/h8,14,16,24H,4-7,9-13,15,17H2,1-3H3,(H2,21,22,23). The number of sulfonamides is 1. The number of guanidine groups is 1. The van der Waals surface area contributed by atoms with Gasteiger partial charge in [-0.3, -0.25) is 4.99 Å². The minimum atomic E-state index is -3.48. The molecule has 1 heterocycles. The summed E-state index contributed by atoms with van der Waals surface area (Å²) in [5, 5.41) is 6.48. The summed E-state index contributed by atoms with van der Waals surface area (Å²) < 4.78 is 34.5. The Hall–Kier alpha value is -1.58. The second-order valence-corrected chi connectivity index (χ2v) is 9.45. The van der Waals surface area contributed by atoms with Crippen LogP contribution in [0.25, 0.3) is 0 Å². The van der Waals surface area contributed by atoms with Crippen LogP contribution in [0.4, 0.5) is 0 Å². The summed E-state index contributed by atoms with van der Waals surface area (Å²) in [4.78, 5) is 5.08. The van der Waals surface area contributed by atoms with Crippen LogP contribution in [0.15, 0.2) is 28.3 Å². The highest BCUT2D eigenvalue weighted by molar-refractivity contribution is 7.89. The van der Waals surface area contributed by atoms with Gasteiger partial charge in [-0.25, -0.2) is 13.1 Å². The van der Waals surface area contributed by atoms with Crippen LogP contribution in [-0.4, -0.2) is 58.3 Å². The highest BCUT2D eigenvalue weighted by atomic mass is 32.2. The number of aliphatic imine (C=N–C) groups is 1. The molecule has 0 aliphatic heterocycles. The van der Waals surface area contributed by atoms with E-state index in [2.05, 4.69) is 15.4 Å². The Morgan fingerprint density at radius 3 is 2.62 bits per heavy atom. The molecule has 0 saturated heterocycles. The zero-order valence-electron chi connectivity index (χ0n) is 18.0. The van der Waals surface area contributed by atoms with E-state index in [0.29, 0.717) is 6.54 Å². The third-order valence-electron chi connectivity index (χ3n) is 5.39. The Morgan fingerprint density at radius 2 is 2.00 bits per heavy atom. The number of ether oxygens (including phenoxy) is 1. The minimum absolute atomic E-state index is 0.229. The maximum Gasteiger partial charge on any atom is 0.242 e. The molecular formula is C20H37N5O3S. The number of rotatable bonds is 12. The molecule has 1 fully saturated rings. The zero-order chi connectivity index (χ0) is 21.2. The number of aromatic nitrogens is 1. The Bertz CT molecular complexity index is 739. The van der Waals surface area contributed by atoms with E-state index in [9.17, 15) is 8.42 Å². The summed E-state index contributed by atoms with van der Waals surface area (Å²) in [6.07, 6.45) is 9.25. The first kappa shape index (κ1) is 23.7. The number of nitrogens with zero attached hydrogens (tertiary/aromatic N) is 2. The average molecular weight is 428 g/mol. The molecule has 0 bridgehead atoms. The summed E-state index contributed by atoms with van der Waals surface area (Å²) in [5.74, 6) is 0.731. The zero-order valence-corrected chi connectivity index (χ0v) is 18.9. The number of hydrogen-bond acceptors (Lipinski definition) is 4. The van der Waals surface area contributed by atoms with Crippen LogP contribution in [0, 0.1) is 5.41 Å². The lowest BCUT2D eigenvalue weighted by Crippen LogP contribution is -2.42. The van der Waals surface area contributed by atoms with Crippen LogP contribution in [0.2, 0.25) is 0 Å². The molecule has 0 spiro atoms. The molecule has 8 nitrogen and oxygen atoms in total. The Labute approximate surface area is 175 Å². The van der Waals surface area contributed by atoms with Gasteiger partial charge in [0.2, 0.25) is 10.0 Å². The van der Waals surface area contributed by atoms with E-state index in [4.69, 9.17) is 9.73 Å². The van der Waals surface area contributed by atoms with Gasteiger partial charge >= 0.3 is 0 Å². The topological polar surface area (TPSA) is 96.8 Å². The third kappa shape index (κ3) is 7.64. The van der Waals surface area contributed by atoms with Crippen molar-refractivity contribution in [3.8, 4) is 0 Å². The van der Waals surface area contributed by atoms with Gasteiger partial charge in [-0.2, -0.15) is 0 Å². The average Bonchev–Trinajstić information content (AvgIpc) is 3.33. The summed E-state index contributed by atoms with van der Waals surface area (Å²) in [6.45, 7) is 7.87. The molecule has 1 aliphatic rings. The second kappa shape index (κ2) is 11.6. The van der Waals surface area contributed by atoms with Crippen molar-refractivity contribution in [3.63, 3.8) is 0 Å². The molecular weight excluding hydrogens is 390 g/mol. The highest BCUT2D eigenvalue weighted by Crippen LogP contribution is 2.41. The molecule has 0 amide bonds. The summed E-state index contributed by atoms with van der Waals surface area (Å²) >= 11 is 0. The molecule has 0 aromatic carbocycles. The molecule has 2 rings (SSSR count). The van der Waals surface area contributed by atoms with Gasteiger partial charge in [0, 0.05) is 58.8 Å². The van der Waals surface area contributed by atoms with E-state index in [1.165, 1.54) is 25.7 Å². The van der Waals surface area contributed by atoms with Crippen molar-refractivity contribution in [2.75, 3.05) is 39.4 Å². The van der Waals surface area contributed by atoms with E-state index in [0.717, 1.165) is 38.7 Å². The molecule has 29 heavy (non-hydrogen) atoms. The van der Waals surface area contributed by atoms with Crippen LogP contribution in [0.3, 0.4) is 0 Å². The lowest BCUT2D eigenvalue weighted by atomic mass is 9.83. The molecule has 0 unspecified atom stereocenters. The van der Waals surface area contributed by atoms with Crippen LogP contribution < -0.4 is 15.4 Å². The van der Waals surface area contributed by atoms with E-state index in [1.807, 2.05) is 13.8 Å². The van der Waals surface area contributed by atoms with E-state index >= 15 is 0 Å². The highest BCUT2D eigenvalue weighted by Gasteiger charge is 2.33. The van der Waals surface area contributed by atoms with Gasteiger partial charge in [-0.05, 0) is 44.6 Å². The first-order valence-corrected chi connectivity index (χ1v) is 12.1. The Morgan fingerprint density at radius 1 is 1.24 bits per heavy atom. The number of nitrogens with one attached hydrogen (secondary N) is 3. The van der Waals surface area contributed by atoms with Crippen molar-refractivity contribution >= 4 is 16.0 Å². The molecule has 9 heteroatoms. The third-order valence-corrected chi connectivity index (χ3v) is 6.83. The van der Waals surface area contributed by atoms with E-state index in [1.54, 1.807) is 30.1 Å². The molecule has 3 N–H and O–H groups in total. The van der Waals surface area contributed by atoms with Crippen molar-refractivity contribution < 1.29 is 13.2 Å². The number of aryl methyl sites for hydroxylation is 1. The maximum absolute atomic E-state index is 12.3. The van der Waals surface area contributed by atoms with E-state index in [-0.39, 0.29) is 16.9 Å². The van der Waals surface area contributed by atoms with Gasteiger partial charge in [0.1, 0.15) is 0 Å². The molecule has 1 aromatic heterocycles. The van der Waals surface area contributed by atoms with Gasteiger partial charge in [-0.15, -0.1) is 0 Å². The van der Waals surface area contributed by atoms with Gasteiger partial charge in [0.15, 0.2) is 5.96 Å². The van der Waals surface area contributed by atoms with Crippen LogP contribution in [0.1, 0.15) is 46.0 Å². The number of hydrogen-bond donors (Lipinski definition) is 3. The normalized spacial score (nSPS) is 16.9. The van der Waals surface area contributed by atoms with Gasteiger partial charge in [0.05, 0.1) is 4.90 Å². The SMILES string of the molecule is CCNC(=NCC1(CCOCC)CCCC1)NCCNS(=O)(=O)c1ccn(C)c1. The lowest BCUT2D eigenvalue weighted by molar-refractivity contribution is 0.107. The van der Waals surface area contributed by atoms with Crippen molar-refractivity contribution in [2.45, 2.75) is 50.8 Å². The molecule has 166 valence electrons. The monoisotopic (exact) mass is 427 g/mol. The quantitative estimate of drug-likeness (QED) is 0.269. The van der Waals surface area contributed by atoms with Crippen LogP contribution >= 0.6 is 0 Å². The first-order valence-electron chi connectivity index (χ1n) is 10.6. The van der Waals surface area contributed by atoms with Crippen LogP contribution in [-0.2, 0) is 21.8 Å². The van der Waals surface area contributed by atoms with Crippen molar-refractivity contribution in [1.29, 1.82) is 0 Å². The van der Waals surface area contributed by atoms with Crippen molar-refractivity contribution in [3.05, 3.63) is 18.5 Å².